The Bertz CT molecular complexity index is 1040. The maximum absolute atomic E-state index is 6.65. The molecule has 0 spiro atoms. The molecule has 30 heavy (non-hydrogen) atoms. The van der Waals surface area contributed by atoms with E-state index in [1.54, 1.807) is 0 Å². The Kier molecular flexibility index (Phi) is 7.14. The first-order valence-corrected chi connectivity index (χ1v) is 11.0. The van der Waals surface area contributed by atoms with E-state index in [4.69, 9.17) is 26.4 Å². The number of nitrogens with zero attached hydrogens (tertiary/aromatic N) is 3. The van der Waals surface area contributed by atoms with Crippen molar-refractivity contribution in [2.24, 2.45) is 0 Å². The number of aryl methyl sites for hydroxylation is 2. The summed E-state index contributed by atoms with van der Waals surface area (Å²) in [4.78, 5) is 5.04. The van der Waals surface area contributed by atoms with Crippen LogP contribution in [0.5, 0.6) is 5.75 Å². The van der Waals surface area contributed by atoms with Gasteiger partial charge in [0.1, 0.15) is 11.6 Å². The number of benzene rings is 1. The van der Waals surface area contributed by atoms with Gasteiger partial charge in [0, 0.05) is 22.9 Å². The minimum Gasteiger partial charge on any atom is -0.494 e. The predicted molar refractivity (Wildman–Crippen MR) is 127 cm³/mol. The third-order valence-corrected chi connectivity index (χ3v) is 6.12. The lowest BCUT2D eigenvalue weighted by Gasteiger charge is -2.19. The summed E-state index contributed by atoms with van der Waals surface area (Å²) >= 11 is 6.65. The van der Waals surface area contributed by atoms with E-state index in [1.807, 2.05) is 36.6 Å². The Morgan fingerprint density at radius 2 is 1.97 bits per heavy atom. The first-order valence-electron chi connectivity index (χ1n) is 10.7. The van der Waals surface area contributed by atoms with Crippen molar-refractivity contribution in [1.82, 2.24) is 14.6 Å². The number of fused-ring (bicyclic) bond motifs is 2. The second-order valence-corrected chi connectivity index (χ2v) is 8.07. The van der Waals surface area contributed by atoms with Gasteiger partial charge in [-0.05, 0) is 64.2 Å². The monoisotopic (exact) mass is 448 g/mol. The highest BCUT2D eigenvalue weighted by molar-refractivity contribution is 6.33. The summed E-state index contributed by atoms with van der Waals surface area (Å²) in [6.45, 7) is 9.06. The van der Waals surface area contributed by atoms with Crippen molar-refractivity contribution in [3.63, 3.8) is 0 Å². The van der Waals surface area contributed by atoms with Crippen molar-refractivity contribution in [1.29, 1.82) is 0 Å². The first kappa shape index (κ1) is 22.7. The molecule has 0 fully saturated rings. The zero-order chi connectivity index (χ0) is 20.5. The van der Waals surface area contributed by atoms with Crippen LogP contribution in [0.15, 0.2) is 18.2 Å². The molecule has 0 bridgehead atoms. The highest BCUT2D eigenvalue weighted by Crippen LogP contribution is 2.38. The molecule has 0 saturated carbocycles. The van der Waals surface area contributed by atoms with Gasteiger partial charge < -0.3 is 10.1 Å². The number of anilines is 1. The SMILES string of the molecule is CCOc1ccc(-c2c(C)nn3c(NC(CC)CC)c4c(nc23)CCC4)c(Cl)c1.Cl. The zero-order valence-corrected chi connectivity index (χ0v) is 19.7. The predicted octanol–water partition coefficient (Wildman–Crippen LogP) is 6.27. The molecule has 1 aliphatic carbocycles. The number of hydrogen-bond acceptors (Lipinski definition) is 4. The van der Waals surface area contributed by atoms with Gasteiger partial charge >= 0.3 is 0 Å². The lowest BCUT2D eigenvalue weighted by molar-refractivity contribution is 0.340. The minimum atomic E-state index is 0. The topological polar surface area (TPSA) is 51.5 Å². The number of aromatic nitrogens is 3. The molecule has 162 valence electrons. The quantitative estimate of drug-likeness (QED) is 0.462. The van der Waals surface area contributed by atoms with Gasteiger partial charge in [-0.1, -0.05) is 25.4 Å². The Labute approximate surface area is 189 Å². The van der Waals surface area contributed by atoms with E-state index in [9.17, 15) is 0 Å². The van der Waals surface area contributed by atoms with Crippen LogP contribution in [0.25, 0.3) is 16.8 Å². The average molecular weight is 449 g/mol. The number of halogens is 2. The second-order valence-electron chi connectivity index (χ2n) is 7.67. The van der Waals surface area contributed by atoms with Crippen LogP contribution < -0.4 is 10.1 Å². The molecule has 0 radical (unpaired) electrons. The molecule has 5 nitrogen and oxygen atoms in total. The fraction of sp³-hybridized carbons (Fsp3) is 0.478. The average Bonchev–Trinajstić information content (AvgIpc) is 3.30. The maximum Gasteiger partial charge on any atom is 0.165 e. The Balaban J connectivity index is 0.00000256. The van der Waals surface area contributed by atoms with Gasteiger partial charge in [0.05, 0.1) is 22.9 Å². The van der Waals surface area contributed by atoms with Gasteiger partial charge in [-0.3, -0.25) is 0 Å². The summed E-state index contributed by atoms with van der Waals surface area (Å²) in [5.41, 5.74) is 6.26. The minimum absolute atomic E-state index is 0. The van der Waals surface area contributed by atoms with Crippen molar-refractivity contribution in [2.75, 3.05) is 11.9 Å². The summed E-state index contributed by atoms with van der Waals surface area (Å²) in [5, 5.41) is 9.31. The standard InChI is InChI=1S/C23H29ClN4O.ClH/c1-5-15(6-2)25-22-18-9-8-10-20(18)26-23-21(14(4)27-28(22)23)17-12-11-16(29-7-3)13-19(17)24;/h11-13,15,25H,5-10H2,1-4H3;1H. The van der Waals surface area contributed by atoms with Gasteiger partial charge in [-0.15, -0.1) is 12.4 Å². The molecule has 2 heterocycles. The third kappa shape index (κ3) is 3.97. The number of hydrogen-bond donors (Lipinski definition) is 1. The lowest BCUT2D eigenvalue weighted by Crippen LogP contribution is -2.21. The first-order chi connectivity index (χ1) is 14.1. The van der Waals surface area contributed by atoms with E-state index in [0.29, 0.717) is 17.7 Å². The van der Waals surface area contributed by atoms with Crippen molar-refractivity contribution in [3.05, 3.63) is 40.2 Å². The van der Waals surface area contributed by atoms with Gasteiger partial charge in [0.25, 0.3) is 0 Å². The van der Waals surface area contributed by atoms with Crippen LogP contribution in [0, 0.1) is 6.92 Å². The molecular formula is C23H30Cl2N4O. The summed E-state index contributed by atoms with van der Waals surface area (Å²) in [7, 11) is 0. The van der Waals surface area contributed by atoms with Gasteiger partial charge in [-0.25, -0.2) is 4.98 Å². The molecular weight excluding hydrogens is 419 g/mol. The molecule has 3 aromatic rings. The molecule has 0 unspecified atom stereocenters. The Morgan fingerprint density at radius 3 is 2.63 bits per heavy atom. The van der Waals surface area contributed by atoms with Crippen molar-refractivity contribution < 1.29 is 4.74 Å². The Hall–Kier alpha value is -1.98. The van der Waals surface area contributed by atoms with E-state index >= 15 is 0 Å². The van der Waals surface area contributed by atoms with Crippen molar-refractivity contribution in [2.45, 2.75) is 65.8 Å². The number of nitrogens with one attached hydrogen (secondary N) is 1. The normalized spacial score (nSPS) is 12.9. The van der Waals surface area contributed by atoms with Gasteiger partial charge in [0.2, 0.25) is 0 Å². The molecule has 1 aromatic carbocycles. The van der Waals surface area contributed by atoms with Crippen molar-refractivity contribution in [3.8, 4) is 16.9 Å². The highest BCUT2D eigenvalue weighted by Gasteiger charge is 2.25. The highest BCUT2D eigenvalue weighted by atomic mass is 35.5. The van der Waals surface area contributed by atoms with Crippen LogP contribution in [0.4, 0.5) is 5.82 Å². The lowest BCUT2D eigenvalue weighted by atomic mass is 10.1. The molecule has 0 saturated heterocycles. The Morgan fingerprint density at radius 1 is 1.20 bits per heavy atom. The number of rotatable bonds is 7. The maximum atomic E-state index is 6.65. The van der Waals surface area contributed by atoms with E-state index in [2.05, 4.69) is 19.2 Å². The van der Waals surface area contributed by atoms with E-state index in [1.165, 1.54) is 11.3 Å². The molecule has 2 aromatic heterocycles. The summed E-state index contributed by atoms with van der Waals surface area (Å²) < 4.78 is 7.59. The van der Waals surface area contributed by atoms with Crippen LogP contribution in [0.1, 0.15) is 57.0 Å². The van der Waals surface area contributed by atoms with Crippen LogP contribution in [0.2, 0.25) is 5.02 Å². The van der Waals surface area contributed by atoms with Crippen LogP contribution in [-0.2, 0) is 12.8 Å². The second kappa shape index (κ2) is 9.44. The smallest absolute Gasteiger partial charge is 0.165 e. The van der Waals surface area contributed by atoms with E-state index in [-0.39, 0.29) is 12.4 Å². The molecule has 1 aliphatic rings. The molecule has 0 atom stereocenters. The number of ether oxygens (including phenoxy) is 1. The van der Waals surface area contributed by atoms with Crippen LogP contribution in [-0.4, -0.2) is 27.2 Å². The van der Waals surface area contributed by atoms with Crippen molar-refractivity contribution >= 4 is 35.5 Å². The zero-order valence-electron chi connectivity index (χ0n) is 18.1. The van der Waals surface area contributed by atoms with Gasteiger partial charge in [-0.2, -0.15) is 9.61 Å². The van der Waals surface area contributed by atoms with Gasteiger partial charge in [0.15, 0.2) is 5.65 Å². The van der Waals surface area contributed by atoms with E-state index in [0.717, 1.165) is 66.1 Å². The summed E-state index contributed by atoms with van der Waals surface area (Å²) in [6.07, 6.45) is 5.37. The molecule has 0 aliphatic heterocycles. The van der Waals surface area contributed by atoms with Crippen LogP contribution in [0.3, 0.4) is 0 Å². The summed E-state index contributed by atoms with van der Waals surface area (Å²) in [5.74, 6) is 1.88. The largest absolute Gasteiger partial charge is 0.494 e. The molecule has 4 rings (SSSR count). The molecule has 7 heteroatoms. The summed E-state index contributed by atoms with van der Waals surface area (Å²) in [6, 6.07) is 6.28. The fourth-order valence-corrected chi connectivity index (χ4v) is 4.51. The van der Waals surface area contributed by atoms with Crippen LogP contribution >= 0.6 is 24.0 Å². The third-order valence-electron chi connectivity index (χ3n) is 5.81. The fourth-order valence-electron chi connectivity index (χ4n) is 4.24. The molecule has 0 amide bonds. The molecule has 1 N–H and O–H groups in total. The van der Waals surface area contributed by atoms with E-state index < -0.39 is 0 Å².